The van der Waals surface area contributed by atoms with E-state index in [0.717, 1.165) is 31.2 Å². The lowest BCUT2D eigenvalue weighted by Crippen LogP contribution is -2.64. The second-order valence-electron chi connectivity index (χ2n) is 8.97. The number of hydrogen-bond donors (Lipinski definition) is 0. The molecule has 0 amide bonds. The maximum atomic E-state index is 12.5. The highest BCUT2D eigenvalue weighted by molar-refractivity contribution is 5.76. The Bertz CT molecular complexity index is 667. The lowest BCUT2D eigenvalue weighted by atomic mass is 9.43. The second-order valence-corrected chi connectivity index (χ2v) is 8.97. The van der Waals surface area contributed by atoms with Gasteiger partial charge in [0.25, 0.3) is 0 Å². The van der Waals surface area contributed by atoms with Gasteiger partial charge in [0, 0.05) is 16.9 Å². The van der Waals surface area contributed by atoms with Crippen molar-refractivity contribution >= 4 is 5.97 Å². The van der Waals surface area contributed by atoms with E-state index >= 15 is 0 Å². The van der Waals surface area contributed by atoms with E-state index in [2.05, 4.69) is 20.8 Å². The molecule has 4 heteroatoms. The SMILES string of the molecule is C[C@@H]1C[C@@H]2OC(=O)[C@H]3CC[C@H]4O[C@H](c5ccoc5)C[C@]1(C)[C@H]4[C@]23C. The lowest BCUT2D eigenvalue weighted by molar-refractivity contribution is -0.250. The smallest absolute Gasteiger partial charge is 0.309 e. The zero-order valence-electron chi connectivity index (χ0n) is 14.7. The van der Waals surface area contributed by atoms with Gasteiger partial charge in [0.2, 0.25) is 0 Å². The molecule has 2 aliphatic heterocycles. The minimum absolute atomic E-state index is 0.0364. The van der Waals surface area contributed by atoms with E-state index in [1.54, 1.807) is 6.26 Å². The van der Waals surface area contributed by atoms with E-state index in [-0.39, 0.29) is 41.0 Å². The third kappa shape index (κ3) is 1.66. The average Bonchev–Trinajstić information content (AvgIpc) is 3.14. The van der Waals surface area contributed by atoms with E-state index in [4.69, 9.17) is 13.9 Å². The van der Waals surface area contributed by atoms with E-state index in [0.29, 0.717) is 11.8 Å². The van der Waals surface area contributed by atoms with Crippen molar-refractivity contribution in [1.82, 2.24) is 0 Å². The quantitative estimate of drug-likeness (QED) is 0.727. The van der Waals surface area contributed by atoms with Gasteiger partial charge in [-0.25, -0.2) is 0 Å². The Morgan fingerprint density at radius 3 is 2.83 bits per heavy atom. The summed E-state index contributed by atoms with van der Waals surface area (Å²) in [4.78, 5) is 12.5. The first-order chi connectivity index (χ1) is 11.4. The molecule has 0 N–H and O–H groups in total. The molecule has 1 aromatic heterocycles. The summed E-state index contributed by atoms with van der Waals surface area (Å²) < 4.78 is 17.7. The first-order valence-corrected chi connectivity index (χ1v) is 9.32. The minimum atomic E-state index is -0.0668. The molecule has 0 aromatic carbocycles. The predicted octanol–water partition coefficient (Wildman–Crippen LogP) is 4.11. The molecule has 0 unspecified atom stereocenters. The van der Waals surface area contributed by atoms with Crippen LogP contribution in [0.25, 0.3) is 0 Å². The third-order valence-electron chi connectivity index (χ3n) is 8.05. The summed E-state index contributed by atoms with van der Waals surface area (Å²) in [7, 11) is 0. The van der Waals surface area contributed by atoms with Crippen molar-refractivity contribution in [3.8, 4) is 0 Å². The number of furan rings is 1. The van der Waals surface area contributed by atoms with E-state index in [9.17, 15) is 4.79 Å². The van der Waals surface area contributed by atoms with Crippen LogP contribution in [0.3, 0.4) is 0 Å². The molecule has 2 saturated heterocycles. The summed E-state index contributed by atoms with van der Waals surface area (Å²) in [6.07, 6.45) is 7.78. The van der Waals surface area contributed by atoms with Crippen LogP contribution in [0.4, 0.5) is 0 Å². The van der Waals surface area contributed by atoms with Gasteiger partial charge < -0.3 is 13.9 Å². The maximum Gasteiger partial charge on any atom is 0.309 e. The van der Waals surface area contributed by atoms with E-state index in [1.807, 2.05) is 12.3 Å². The minimum Gasteiger partial charge on any atom is -0.472 e. The number of hydrogen-bond acceptors (Lipinski definition) is 4. The molecule has 5 rings (SSSR count). The highest BCUT2D eigenvalue weighted by atomic mass is 16.6. The van der Waals surface area contributed by atoms with Crippen LogP contribution in [0.5, 0.6) is 0 Å². The third-order valence-corrected chi connectivity index (χ3v) is 8.05. The molecule has 4 fully saturated rings. The summed E-state index contributed by atoms with van der Waals surface area (Å²) in [5, 5.41) is 0. The van der Waals surface area contributed by atoms with Crippen molar-refractivity contribution in [3.05, 3.63) is 24.2 Å². The number of rotatable bonds is 1. The molecule has 0 bridgehead atoms. The van der Waals surface area contributed by atoms with Gasteiger partial charge in [-0.15, -0.1) is 0 Å². The molecule has 4 nitrogen and oxygen atoms in total. The van der Waals surface area contributed by atoms with Crippen LogP contribution in [0.1, 0.15) is 58.1 Å². The van der Waals surface area contributed by atoms with Crippen molar-refractivity contribution in [2.24, 2.45) is 28.6 Å². The molecular weight excluding hydrogens is 304 g/mol. The van der Waals surface area contributed by atoms with Crippen LogP contribution < -0.4 is 0 Å². The molecule has 0 radical (unpaired) electrons. The largest absolute Gasteiger partial charge is 0.472 e. The maximum absolute atomic E-state index is 12.5. The van der Waals surface area contributed by atoms with Crippen molar-refractivity contribution in [1.29, 1.82) is 0 Å². The standard InChI is InChI=1S/C20H26O4/c1-11-8-16-20(3)13(18(21)24-16)4-5-14-17(20)19(11,2)9-15(23-14)12-6-7-22-10-12/h6-7,10-11,13-17H,4-5,8-9H2,1-3H3/t11-,13-,14-,15+,16+,17+,19+,20+/m1/s1. The van der Waals surface area contributed by atoms with Crippen molar-refractivity contribution in [2.45, 2.75) is 64.8 Å². The van der Waals surface area contributed by atoms with E-state index in [1.165, 1.54) is 0 Å². The van der Waals surface area contributed by atoms with Crippen molar-refractivity contribution in [3.63, 3.8) is 0 Å². The first-order valence-electron chi connectivity index (χ1n) is 9.32. The van der Waals surface area contributed by atoms with Crippen LogP contribution in [-0.4, -0.2) is 18.2 Å². The van der Waals surface area contributed by atoms with Gasteiger partial charge in [0.1, 0.15) is 6.10 Å². The molecule has 2 aliphatic carbocycles. The van der Waals surface area contributed by atoms with Gasteiger partial charge in [0.05, 0.1) is 30.7 Å². The molecule has 0 spiro atoms. The summed E-state index contributed by atoms with van der Waals surface area (Å²) in [6, 6.07) is 2.03. The van der Waals surface area contributed by atoms with Crippen molar-refractivity contribution in [2.75, 3.05) is 0 Å². The Morgan fingerprint density at radius 1 is 1.25 bits per heavy atom. The molecule has 3 heterocycles. The zero-order chi connectivity index (χ0) is 16.7. The fourth-order valence-corrected chi connectivity index (χ4v) is 6.69. The van der Waals surface area contributed by atoms with Crippen LogP contribution in [0.2, 0.25) is 0 Å². The van der Waals surface area contributed by atoms with Gasteiger partial charge >= 0.3 is 5.97 Å². The summed E-state index contributed by atoms with van der Waals surface area (Å²) in [5.74, 6) is 1.01. The normalized spacial score (nSPS) is 52.7. The van der Waals surface area contributed by atoms with E-state index < -0.39 is 0 Å². The fraction of sp³-hybridized carbons (Fsp3) is 0.750. The Morgan fingerprint density at radius 2 is 2.08 bits per heavy atom. The van der Waals surface area contributed by atoms with Gasteiger partial charge in [-0.05, 0) is 43.1 Å². The Hall–Kier alpha value is -1.29. The lowest BCUT2D eigenvalue weighted by Gasteiger charge is -2.64. The molecule has 8 atom stereocenters. The first kappa shape index (κ1) is 15.0. The second kappa shape index (κ2) is 4.66. The number of ether oxygens (including phenoxy) is 2. The van der Waals surface area contributed by atoms with Gasteiger partial charge in [-0.1, -0.05) is 20.8 Å². The topological polar surface area (TPSA) is 48.7 Å². The van der Waals surface area contributed by atoms with Crippen LogP contribution >= 0.6 is 0 Å². The predicted molar refractivity (Wildman–Crippen MR) is 87.0 cm³/mol. The summed E-state index contributed by atoms with van der Waals surface area (Å²) in [6.45, 7) is 7.07. The van der Waals surface area contributed by atoms with Gasteiger partial charge in [-0.3, -0.25) is 4.79 Å². The number of carbonyl (C=O) groups excluding carboxylic acids is 1. The monoisotopic (exact) mass is 330 g/mol. The van der Waals surface area contributed by atoms with Gasteiger partial charge in [0.15, 0.2) is 0 Å². The zero-order valence-corrected chi connectivity index (χ0v) is 14.7. The highest BCUT2D eigenvalue weighted by Gasteiger charge is 2.70. The Balaban J connectivity index is 1.59. The molecule has 2 saturated carbocycles. The van der Waals surface area contributed by atoms with Crippen LogP contribution in [0.15, 0.2) is 23.0 Å². The molecule has 1 aromatic rings. The summed E-state index contributed by atoms with van der Waals surface area (Å²) in [5.41, 5.74) is 1.25. The van der Waals surface area contributed by atoms with Crippen LogP contribution in [-0.2, 0) is 14.3 Å². The summed E-state index contributed by atoms with van der Waals surface area (Å²) >= 11 is 0. The molecule has 130 valence electrons. The fourth-order valence-electron chi connectivity index (χ4n) is 6.69. The highest BCUT2D eigenvalue weighted by Crippen LogP contribution is 2.69. The molecule has 4 aliphatic rings. The molecule has 24 heavy (non-hydrogen) atoms. The number of carbonyl (C=O) groups is 1. The van der Waals surface area contributed by atoms with Crippen LogP contribution in [0, 0.1) is 28.6 Å². The number of esters is 1. The average molecular weight is 330 g/mol. The Kier molecular flexibility index (Phi) is 2.91. The molecular formula is C20H26O4. The van der Waals surface area contributed by atoms with Gasteiger partial charge in [-0.2, -0.15) is 0 Å². The Labute approximate surface area is 142 Å². The van der Waals surface area contributed by atoms with Crippen molar-refractivity contribution < 1.29 is 18.7 Å².